The van der Waals surface area contributed by atoms with Crippen LogP contribution in [0.4, 0.5) is 0 Å². The number of amides is 1. The second-order valence-electron chi connectivity index (χ2n) is 5.89. The summed E-state index contributed by atoms with van der Waals surface area (Å²) in [4.78, 5) is 12.3. The van der Waals surface area contributed by atoms with Gasteiger partial charge in [0.25, 0.3) is 10.0 Å². The zero-order valence-corrected chi connectivity index (χ0v) is 17.4. The molecule has 1 unspecified atom stereocenters. The molecule has 152 valence electrons. The molecule has 2 rings (SSSR count). The molecule has 3 N–H and O–H groups in total. The molecule has 1 aromatic heterocycles. The summed E-state index contributed by atoms with van der Waals surface area (Å²) in [7, 11) is -1.09. The van der Waals surface area contributed by atoms with Crippen molar-refractivity contribution in [1.82, 2.24) is 15.4 Å². The molecule has 1 amide bonds. The topological polar surface area (TPSA) is 110 Å². The van der Waals surface area contributed by atoms with Crippen LogP contribution in [-0.4, -0.2) is 33.6 Å². The van der Waals surface area contributed by atoms with Crippen LogP contribution in [0.3, 0.4) is 0 Å². The Morgan fingerprint density at radius 2 is 2.07 bits per heavy atom. The van der Waals surface area contributed by atoms with Gasteiger partial charge in [0.05, 0.1) is 25.8 Å². The predicted molar refractivity (Wildman–Crippen MR) is 109 cm³/mol. The molecule has 0 radical (unpaired) electrons. The molecule has 8 nitrogen and oxygen atoms in total. The van der Waals surface area contributed by atoms with Crippen LogP contribution in [0, 0.1) is 0 Å². The van der Waals surface area contributed by atoms with Gasteiger partial charge in [0.2, 0.25) is 5.91 Å². The fourth-order valence-corrected chi connectivity index (χ4v) is 4.07. The van der Waals surface area contributed by atoms with E-state index < -0.39 is 10.0 Å². The Balaban J connectivity index is 2.20. The van der Waals surface area contributed by atoms with Gasteiger partial charge in [-0.3, -0.25) is 9.52 Å². The lowest BCUT2D eigenvalue weighted by Crippen LogP contribution is -2.37. The van der Waals surface area contributed by atoms with Crippen LogP contribution in [0.1, 0.15) is 30.7 Å². The SMILES string of the molecule is CCC(NC(=O)Cc1ccc(OC)c(S(=O)(=O)NC(=S)NC)c1)c1ccco1. The summed E-state index contributed by atoms with van der Waals surface area (Å²) in [6, 6.07) is 7.84. The number of carbonyl (C=O) groups is 1. The quantitative estimate of drug-likeness (QED) is 0.554. The van der Waals surface area contributed by atoms with Gasteiger partial charge in [-0.25, -0.2) is 8.42 Å². The standard InChI is InChI=1S/C18H23N3O5S2/c1-4-13(14-6-5-9-26-14)20-17(22)11-12-7-8-15(25-3)16(10-12)28(23,24)21-18(27)19-2/h5-10,13H,4,11H2,1-3H3,(H,20,22)(H2,19,21,27). The Morgan fingerprint density at radius 3 is 2.64 bits per heavy atom. The first-order chi connectivity index (χ1) is 13.3. The highest BCUT2D eigenvalue weighted by Gasteiger charge is 2.22. The number of ether oxygens (including phenoxy) is 1. The van der Waals surface area contributed by atoms with E-state index in [-0.39, 0.29) is 34.1 Å². The number of nitrogens with one attached hydrogen (secondary N) is 3. The zero-order chi connectivity index (χ0) is 20.7. The number of sulfonamides is 1. The van der Waals surface area contributed by atoms with Gasteiger partial charge in [0, 0.05) is 7.05 Å². The van der Waals surface area contributed by atoms with E-state index in [2.05, 4.69) is 15.4 Å². The van der Waals surface area contributed by atoms with Crippen molar-refractivity contribution in [2.45, 2.75) is 30.7 Å². The number of rotatable bonds is 8. The van der Waals surface area contributed by atoms with Crippen molar-refractivity contribution in [3.05, 3.63) is 47.9 Å². The van der Waals surface area contributed by atoms with Crippen molar-refractivity contribution >= 4 is 33.3 Å². The number of benzene rings is 1. The van der Waals surface area contributed by atoms with Gasteiger partial charge < -0.3 is 19.8 Å². The first-order valence-corrected chi connectivity index (χ1v) is 10.4. The number of hydrogen-bond donors (Lipinski definition) is 3. The van der Waals surface area contributed by atoms with E-state index in [1.165, 1.54) is 26.3 Å². The van der Waals surface area contributed by atoms with E-state index in [1.807, 2.05) is 6.92 Å². The van der Waals surface area contributed by atoms with Crippen LogP contribution in [0.2, 0.25) is 0 Å². The van der Waals surface area contributed by atoms with Gasteiger partial charge in [0.15, 0.2) is 5.11 Å². The van der Waals surface area contributed by atoms with Crippen LogP contribution in [0.25, 0.3) is 0 Å². The number of thiocarbonyl (C=S) groups is 1. The summed E-state index contributed by atoms with van der Waals surface area (Å²) < 4.78 is 37.9. The Morgan fingerprint density at radius 1 is 1.32 bits per heavy atom. The van der Waals surface area contributed by atoms with Crippen molar-refractivity contribution in [1.29, 1.82) is 0 Å². The Labute approximate surface area is 169 Å². The third-order valence-corrected chi connectivity index (χ3v) is 5.77. The third-order valence-electron chi connectivity index (χ3n) is 3.97. The van der Waals surface area contributed by atoms with Crippen LogP contribution < -0.4 is 20.1 Å². The van der Waals surface area contributed by atoms with Crippen LogP contribution in [0.15, 0.2) is 45.9 Å². The summed E-state index contributed by atoms with van der Waals surface area (Å²) >= 11 is 4.87. The molecule has 2 aromatic rings. The molecule has 0 spiro atoms. The van der Waals surface area contributed by atoms with Crippen LogP contribution in [0.5, 0.6) is 5.75 Å². The lowest BCUT2D eigenvalue weighted by molar-refractivity contribution is -0.121. The van der Waals surface area contributed by atoms with E-state index in [4.69, 9.17) is 21.4 Å². The maximum Gasteiger partial charge on any atom is 0.267 e. The molecule has 0 aliphatic heterocycles. The minimum Gasteiger partial charge on any atom is -0.495 e. The maximum atomic E-state index is 12.6. The number of furan rings is 1. The molecule has 0 saturated heterocycles. The molecule has 0 fully saturated rings. The second-order valence-corrected chi connectivity index (χ2v) is 7.95. The average molecular weight is 426 g/mol. The van der Waals surface area contributed by atoms with Crippen LogP contribution in [-0.2, 0) is 21.2 Å². The second kappa shape index (κ2) is 9.56. The zero-order valence-electron chi connectivity index (χ0n) is 15.8. The molecule has 10 heteroatoms. The highest BCUT2D eigenvalue weighted by molar-refractivity contribution is 7.92. The largest absolute Gasteiger partial charge is 0.495 e. The van der Waals surface area contributed by atoms with Crippen molar-refractivity contribution in [3.8, 4) is 5.75 Å². The Bertz CT molecular complexity index is 927. The number of carbonyl (C=O) groups excluding carboxylic acids is 1. The lowest BCUT2D eigenvalue weighted by Gasteiger charge is -2.16. The first kappa shape index (κ1) is 21.7. The van der Waals surface area contributed by atoms with Gasteiger partial charge >= 0.3 is 0 Å². The molecule has 1 atom stereocenters. The van der Waals surface area contributed by atoms with Crippen LogP contribution >= 0.6 is 12.2 Å². The Hall–Kier alpha value is -2.59. The maximum absolute atomic E-state index is 12.6. The summed E-state index contributed by atoms with van der Waals surface area (Å²) in [5, 5.41) is 5.38. The van der Waals surface area contributed by atoms with E-state index in [1.54, 1.807) is 24.5 Å². The molecule has 0 aliphatic carbocycles. The van der Waals surface area contributed by atoms with Crippen molar-refractivity contribution in [2.75, 3.05) is 14.2 Å². The van der Waals surface area contributed by atoms with E-state index in [9.17, 15) is 13.2 Å². The number of methoxy groups -OCH3 is 1. The third kappa shape index (κ3) is 5.46. The summed E-state index contributed by atoms with van der Waals surface area (Å²) in [6.45, 7) is 1.93. The summed E-state index contributed by atoms with van der Waals surface area (Å²) in [5.74, 6) is 0.562. The monoisotopic (exact) mass is 425 g/mol. The Kier molecular flexibility index (Phi) is 7.41. The van der Waals surface area contributed by atoms with Crippen molar-refractivity contribution in [3.63, 3.8) is 0 Å². The number of hydrogen-bond acceptors (Lipinski definition) is 6. The molecule has 28 heavy (non-hydrogen) atoms. The summed E-state index contributed by atoms with van der Waals surface area (Å²) in [6.07, 6.45) is 2.21. The van der Waals surface area contributed by atoms with E-state index >= 15 is 0 Å². The highest BCUT2D eigenvalue weighted by Crippen LogP contribution is 2.25. The normalized spacial score (nSPS) is 12.1. The molecular weight excluding hydrogens is 402 g/mol. The van der Waals surface area contributed by atoms with Gasteiger partial charge in [-0.1, -0.05) is 13.0 Å². The molecule has 1 aromatic carbocycles. The molecular formula is C18H23N3O5S2. The predicted octanol–water partition coefficient (Wildman–Crippen LogP) is 1.88. The minimum absolute atomic E-state index is 0.000195. The minimum atomic E-state index is -3.96. The van der Waals surface area contributed by atoms with Gasteiger partial charge in [-0.15, -0.1) is 0 Å². The van der Waals surface area contributed by atoms with Crippen molar-refractivity contribution < 1.29 is 22.4 Å². The summed E-state index contributed by atoms with van der Waals surface area (Å²) in [5.41, 5.74) is 0.517. The van der Waals surface area contributed by atoms with E-state index in [0.29, 0.717) is 17.7 Å². The van der Waals surface area contributed by atoms with Gasteiger partial charge in [0.1, 0.15) is 16.4 Å². The fraction of sp³-hybridized carbons (Fsp3) is 0.333. The highest BCUT2D eigenvalue weighted by atomic mass is 32.2. The average Bonchev–Trinajstić information content (AvgIpc) is 3.20. The van der Waals surface area contributed by atoms with Gasteiger partial charge in [-0.05, 0) is 48.5 Å². The lowest BCUT2D eigenvalue weighted by atomic mass is 10.1. The van der Waals surface area contributed by atoms with Crippen molar-refractivity contribution in [2.24, 2.45) is 0 Å². The molecule has 0 bridgehead atoms. The fourth-order valence-electron chi connectivity index (χ4n) is 2.56. The first-order valence-electron chi connectivity index (χ1n) is 8.55. The van der Waals surface area contributed by atoms with E-state index in [0.717, 1.165) is 0 Å². The molecule has 0 saturated carbocycles. The molecule has 1 heterocycles. The smallest absolute Gasteiger partial charge is 0.267 e. The van der Waals surface area contributed by atoms with Gasteiger partial charge in [-0.2, -0.15) is 0 Å². The molecule has 0 aliphatic rings.